The number of likely N-dealkylation sites (N-methyl/N-ethyl adjacent to an activating group) is 1. The Morgan fingerprint density at radius 1 is 1.43 bits per heavy atom. The SMILES string of the molecule is CCN(CC(C)(C)O)C(=O)c1cccc(OCc2cscn2)c1. The Morgan fingerprint density at radius 2 is 2.22 bits per heavy atom. The van der Waals surface area contributed by atoms with E-state index in [1.54, 1.807) is 42.5 Å². The molecule has 1 aromatic heterocycles. The van der Waals surface area contributed by atoms with Crippen molar-refractivity contribution in [3.8, 4) is 5.75 Å². The molecule has 2 rings (SSSR count). The lowest BCUT2D eigenvalue weighted by atomic mass is 10.1. The minimum atomic E-state index is -0.926. The van der Waals surface area contributed by atoms with Crippen LogP contribution in [-0.4, -0.2) is 39.6 Å². The molecule has 0 aliphatic heterocycles. The van der Waals surface area contributed by atoms with Crippen LogP contribution in [0, 0.1) is 0 Å². The topological polar surface area (TPSA) is 62.7 Å². The van der Waals surface area contributed by atoms with Gasteiger partial charge in [0.25, 0.3) is 5.91 Å². The van der Waals surface area contributed by atoms with Crippen LogP contribution in [0.2, 0.25) is 0 Å². The fraction of sp³-hybridized carbons (Fsp3) is 0.412. The largest absolute Gasteiger partial charge is 0.487 e. The Balaban J connectivity index is 2.06. The van der Waals surface area contributed by atoms with Crippen molar-refractivity contribution in [2.75, 3.05) is 13.1 Å². The van der Waals surface area contributed by atoms with Gasteiger partial charge in [0.05, 0.1) is 16.8 Å². The number of thiazole rings is 1. The first kappa shape index (κ1) is 17.4. The van der Waals surface area contributed by atoms with Gasteiger partial charge in [0.15, 0.2) is 0 Å². The van der Waals surface area contributed by atoms with Crippen molar-refractivity contribution < 1.29 is 14.6 Å². The van der Waals surface area contributed by atoms with Crippen LogP contribution in [0.4, 0.5) is 0 Å². The van der Waals surface area contributed by atoms with Gasteiger partial charge in [-0.25, -0.2) is 4.98 Å². The summed E-state index contributed by atoms with van der Waals surface area (Å²) in [6.07, 6.45) is 0. The molecule has 5 nitrogen and oxygen atoms in total. The van der Waals surface area contributed by atoms with Crippen molar-refractivity contribution in [2.24, 2.45) is 0 Å². The fourth-order valence-corrected chi connectivity index (χ4v) is 2.70. The molecule has 1 N–H and O–H groups in total. The molecule has 0 saturated carbocycles. The van der Waals surface area contributed by atoms with E-state index in [2.05, 4.69) is 4.98 Å². The normalized spacial score (nSPS) is 11.3. The third kappa shape index (κ3) is 5.33. The molecule has 0 aliphatic carbocycles. The average molecular weight is 334 g/mol. The standard InChI is InChI=1S/C17H22N2O3S/c1-4-19(11-17(2,3)21)16(20)13-6-5-7-15(8-13)22-9-14-10-23-12-18-14/h5-8,10,12,21H,4,9,11H2,1-3H3. The molecule has 0 saturated heterocycles. The molecule has 1 aromatic carbocycles. The van der Waals surface area contributed by atoms with E-state index in [1.165, 1.54) is 11.3 Å². The number of rotatable bonds is 7. The Morgan fingerprint density at radius 3 is 2.83 bits per heavy atom. The summed E-state index contributed by atoms with van der Waals surface area (Å²) < 4.78 is 5.68. The molecule has 0 fully saturated rings. The zero-order chi connectivity index (χ0) is 16.9. The van der Waals surface area contributed by atoms with E-state index < -0.39 is 5.60 Å². The lowest BCUT2D eigenvalue weighted by molar-refractivity contribution is 0.0314. The summed E-state index contributed by atoms with van der Waals surface area (Å²) in [6.45, 7) is 6.47. The van der Waals surface area contributed by atoms with Crippen molar-refractivity contribution in [3.63, 3.8) is 0 Å². The highest BCUT2D eigenvalue weighted by Gasteiger charge is 2.22. The number of hydrogen-bond donors (Lipinski definition) is 1. The molecule has 1 heterocycles. The van der Waals surface area contributed by atoms with Crippen LogP contribution in [0.5, 0.6) is 5.75 Å². The maximum Gasteiger partial charge on any atom is 0.254 e. The number of amides is 1. The summed E-state index contributed by atoms with van der Waals surface area (Å²) >= 11 is 1.52. The van der Waals surface area contributed by atoms with Crippen molar-refractivity contribution in [1.82, 2.24) is 9.88 Å². The van der Waals surface area contributed by atoms with Gasteiger partial charge in [-0.05, 0) is 39.0 Å². The summed E-state index contributed by atoms with van der Waals surface area (Å²) in [5.74, 6) is 0.511. The number of benzene rings is 1. The third-order valence-corrected chi connectivity index (χ3v) is 3.83. The number of nitrogens with zero attached hydrogens (tertiary/aromatic N) is 2. The molecule has 0 radical (unpaired) electrons. The highest BCUT2D eigenvalue weighted by molar-refractivity contribution is 7.07. The van der Waals surface area contributed by atoms with Gasteiger partial charge in [-0.2, -0.15) is 0 Å². The van der Waals surface area contributed by atoms with Crippen LogP contribution in [0.3, 0.4) is 0 Å². The minimum absolute atomic E-state index is 0.117. The van der Waals surface area contributed by atoms with Gasteiger partial charge in [-0.3, -0.25) is 4.79 Å². The highest BCUT2D eigenvalue weighted by Crippen LogP contribution is 2.18. The zero-order valence-corrected chi connectivity index (χ0v) is 14.5. The first-order valence-corrected chi connectivity index (χ1v) is 8.45. The summed E-state index contributed by atoms with van der Waals surface area (Å²) in [5.41, 5.74) is 2.24. The van der Waals surface area contributed by atoms with Crippen molar-refractivity contribution in [2.45, 2.75) is 33.0 Å². The van der Waals surface area contributed by atoms with E-state index >= 15 is 0 Å². The van der Waals surface area contributed by atoms with E-state index in [9.17, 15) is 9.90 Å². The monoisotopic (exact) mass is 334 g/mol. The average Bonchev–Trinajstić information content (AvgIpc) is 3.03. The predicted molar refractivity (Wildman–Crippen MR) is 90.8 cm³/mol. The summed E-state index contributed by atoms with van der Waals surface area (Å²) in [6, 6.07) is 7.09. The quantitative estimate of drug-likeness (QED) is 0.845. The molecule has 1 amide bonds. The third-order valence-electron chi connectivity index (χ3n) is 3.20. The van der Waals surface area contributed by atoms with E-state index in [1.807, 2.05) is 18.4 Å². The number of hydrogen-bond acceptors (Lipinski definition) is 5. The van der Waals surface area contributed by atoms with Gasteiger partial charge in [-0.1, -0.05) is 6.07 Å². The first-order chi connectivity index (χ1) is 10.9. The Bertz CT molecular complexity index is 636. The molecule has 0 aliphatic rings. The van der Waals surface area contributed by atoms with Gasteiger partial charge in [-0.15, -0.1) is 11.3 Å². The molecule has 0 spiro atoms. The second kappa shape index (κ2) is 7.57. The lowest BCUT2D eigenvalue weighted by Gasteiger charge is -2.28. The van der Waals surface area contributed by atoms with Crippen molar-refractivity contribution in [1.29, 1.82) is 0 Å². The molecular weight excluding hydrogens is 312 g/mol. The molecule has 23 heavy (non-hydrogen) atoms. The van der Waals surface area contributed by atoms with Gasteiger partial charge >= 0.3 is 0 Å². The molecule has 2 aromatic rings. The van der Waals surface area contributed by atoms with Gasteiger partial charge in [0.2, 0.25) is 0 Å². The second-order valence-electron chi connectivity index (χ2n) is 5.93. The fourth-order valence-electron chi connectivity index (χ4n) is 2.16. The molecule has 0 unspecified atom stereocenters. The number of aromatic nitrogens is 1. The zero-order valence-electron chi connectivity index (χ0n) is 13.7. The Hall–Kier alpha value is -1.92. The van der Waals surface area contributed by atoms with Crippen LogP contribution in [0.15, 0.2) is 35.2 Å². The minimum Gasteiger partial charge on any atom is -0.487 e. The second-order valence-corrected chi connectivity index (χ2v) is 6.65. The summed E-state index contributed by atoms with van der Waals surface area (Å²) in [5, 5.41) is 11.9. The molecule has 0 bridgehead atoms. The van der Waals surface area contributed by atoms with Crippen molar-refractivity contribution in [3.05, 3.63) is 46.4 Å². The van der Waals surface area contributed by atoms with E-state index in [0.29, 0.717) is 24.5 Å². The van der Waals surface area contributed by atoms with Crippen LogP contribution < -0.4 is 4.74 Å². The van der Waals surface area contributed by atoms with E-state index in [0.717, 1.165) is 5.69 Å². The van der Waals surface area contributed by atoms with E-state index in [4.69, 9.17) is 4.74 Å². The predicted octanol–water partition coefficient (Wildman–Crippen LogP) is 2.96. The van der Waals surface area contributed by atoms with Crippen molar-refractivity contribution >= 4 is 17.2 Å². The number of aliphatic hydroxyl groups is 1. The highest BCUT2D eigenvalue weighted by atomic mass is 32.1. The van der Waals surface area contributed by atoms with E-state index in [-0.39, 0.29) is 12.5 Å². The van der Waals surface area contributed by atoms with Gasteiger partial charge in [0, 0.05) is 24.0 Å². The Labute approximate surface area is 140 Å². The number of ether oxygens (including phenoxy) is 1. The maximum absolute atomic E-state index is 12.6. The Kier molecular flexibility index (Phi) is 5.74. The molecule has 124 valence electrons. The van der Waals surface area contributed by atoms with Crippen LogP contribution >= 0.6 is 11.3 Å². The maximum atomic E-state index is 12.6. The molecule has 6 heteroatoms. The molecule has 0 atom stereocenters. The van der Waals surface area contributed by atoms with Crippen LogP contribution in [0.1, 0.15) is 36.8 Å². The lowest BCUT2D eigenvalue weighted by Crippen LogP contribution is -2.42. The number of carbonyl (C=O) groups is 1. The van der Waals surface area contributed by atoms with Crippen LogP contribution in [-0.2, 0) is 6.61 Å². The number of carbonyl (C=O) groups excluding carboxylic acids is 1. The smallest absolute Gasteiger partial charge is 0.254 e. The van der Waals surface area contributed by atoms with Crippen LogP contribution in [0.25, 0.3) is 0 Å². The first-order valence-electron chi connectivity index (χ1n) is 7.50. The molecular formula is C17H22N2O3S. The van der Waals surface area contributed by atoms with Gasteiger partial charge in [0.1, 0.15) is 12.4 Å². The van der Waals surface area contributed by atoms with Gasteiger partial charge < -0.3 is 14.7 Å². The summed E-state index contributed by atoms with van der Waals surface area (Å²) in [7, 11) is 0. The summed E-state index contributed by atoms with van der Waals surface area (Å²) in [4.78, 5) is 18.4.